The molecule has 0 unspecified atom stereocenters. The predicted molar refractivity (Wildman–Crippen MR) is 124 cm³/mol. The van der Waals surface area contributed by atoms with E-state index in [9.17, 15) is 80.4 Å². The third kappa shape index (κ3) is 6.54. The van der Waals surface area contributed by atoms with Gasteiger partial charge in [0.1, 0.15) is 11.1 Å². The van der Waals surface area contributed by atoms with Crippen LogP contribution in [0.5, 0.6) is 0 Å². The van der Waals surface area contributed by atoms with Crippen LogP contribution in [0.3, 0.4) is 0 Å². The summed E-state index contributed by atoms with van der Waals surface area (Å²) in [4.78, 5) is 49.9. The fourth-order valence-electron chi connectivity index (χ4n) is 3.70. The number of hydrogen-bond donors (Lipinski definition) is 0. The Kier molecular flexibility index (Phi) is 9.37. The highest BCUT2D eigenvalue weighted by Gasteiger charge is 2.63. The van der Waals surface area contributed by atoms with Gasteiger partial charge in [0.25, 0.3) is 22.7 Å². The fraction of sp³-hybridized carbons (Fsp3) is 0.381. The molecule has 2 aromatic carbocycles. The number of nitrogens with zero attached hydrogens (tertiary/aromatic N) is 4. The van der Waals surface area contributed by atoms with Crippen molar-refractivity contribution in [2.24, 2.45) is 0 Å². The smallest absolute Gasteiger partial charge is 0.428 e. The molecule has 240 valence electrons. The molecule has 0 aromatic heterocycles. The second kappa shape index (κ2) is 11.8. The number of nitro groups is 4. The molecular formula is C21H14F8N4O11. The van der Waals surface area contributed by atoms with Crippen molar-refractivity contribution in [3.05, 3.63) is 87.0 Å². The van der Waals surface area contributed by atoms with E-state index in [-0.39, 0.29) is 12.1 Å². The van der Waals surface area contributed by atoms with Gasteiger partial charge in [0.05, 0.1) is 31.8 Å². The van der Waals surface area contributed by atoms with Crippen LogP contribution in [0.2, 0.25) is 0 Å². The predicted octanol–water partition coefficient (Wildman–Crippen LogP) is 6.24. The average molecular weight is 650 g/mol. The number of halogens is 8. The van der Waals surface area contributed by atoms with Crippen LogP contribution >= 0.6 is 0 Å². The summed E-state index contributed by atoms with van der Waals surface area (Å²) in [7, 11) is 0. The summed E-state index contributed by atoms with van der Waals surface area (Å²) < 4.78 is 124. The van der Waals surface area contributed by atoms with Gasteiger partial charge in [-0.05, 0) is 25.0 Å². The molecule has 0 bridgehead atoms. The van der Waals surface area contributed by atoms with Gasteiger partial charge in [-0.2, -0.15) is 35.1 Å². The van der Waals surface area contributed by atoms with Gasteiger partial charge >= 0.3 is 29.8 Å². The lowest BCUT2D eigenvalue weighted by Gasteiger charge is -2.28. The molecule has 2 rings (SSSR count). The van der Waals surface area contributed by atoms with Crippen molar-refractivity contribution in [1.82, 2.24) is 0 Å². The molecule has 0 fully saturated rings. The lowest BCUT2D eigenvalue weighted by atomic mass is 9.95. The molecule has 0 radical (unpaired) electrons. The maximum absolute atomic E-state index is 14.8. The molecule has 0 saturated carbocycles. The van der Waals surface area contributed by atoms with E-state index in [1.807, 2.05) is 0 Å². The van der Waals surface area contributed by atoms with Crippen LogP contribution in [0, 0.1) is 54.3 Å². The Morgan fingerprint density at radius 3 is 1.16 bits per heavy atom. The van der Waals surface area contributed by atoms with E-state index >= 15 is 0 Å². The van der Waals surface area contributed by atoms with E-state index in [1.54, 1.807) is 0 Å². The van der Waals surface area contributed by atoms with Crippen LogP contribution in [0.15, 0.2) is 24.3 Å². The van der Waals surface area contributed by atoms with Crippen LogP contribution in [0.1, 0.15) is 22.3 Å². The molecule has 0 aliphatic rings. The third-order valence-electron chi connectivity index (χ3n) is 5.70. The first-order chi connectivity index (χ1) is 19.9. The van der Waals surface area contributed by atoms with E-state index in [2.05, 4.69) is 9.47 Å². The van der Waals surface area contributed by atoms with Gasteiger partial charge in [-0.15, -0.1) is 0 Å². The SMILES string of the molecule is Cc1cc([N+](=O)[O-])cc([N+](=O)[O-])c1C(F)(F)C(F)(F)COC(=O)OCC(F)(F)C(F)(F)c1c(C)cc([N+](=O)[O-])cc1[N+](=O)[O-]. The lowest BCUT2D eigenvalue weighted by molar-refractivity contribution is -0.396. The van der Waals surface area contributed by atoms with Crippen LogP contribution in [0.4, 0.5) is 62.7 Å². The van der Waals surface area contributed by atoms with E-state index < -0.39 is 108 Å². The van der Waals surface area contributed by atoms with Crippen molar-refractivity contribution >= 4 is 28.9 Å². The highest BCUT2D eigenvalue weighted by Crippen LogP contribution is 2.50. The molecule has 2 aromatic rings. The van der Waals surface area contributed by atoms with Crippen molar-refractivity contribution in [1.29, 1.82) is 0 Å². The normalized spacial score (nSPS) is 12.4. The van der Waals surface area contributed by atoms with Gasteiger partial charge < -0.3 is 9.47 Å². The minimum atomic E-state index is -5.61. The van der Waals surface area contributed by atoms with E-state index in [4.69, 9.17) is 0 Å². The fourth-order valence-corrected chi connectivity index (χ4v) is 3.70. The standard InChI is InChI=1S/C21H14F8N4O11/c1-9-3-11(30(35)36)5-13(32(39)40)15(9)20(26,27)18(22,23)7-43-17(34)44-8-19(24,25)21(28,29)16-10(2)4-12(31(37)38)6-14(16)33(41)42/h3-6H,7-8H2,1-2H3. The Morgan fingerprint density at radius 2 is 0.909 bits per heavy atom. The number of carbonyl (C=O) groups is 1. The van der Waals surface area contributed by atoms with E-state index in [0.29, 0.717) is 26.0 Å². The van der Waals surface area contributed by atoms with Crippen molar-refractivity contribution < 1.29 is 69.1 Å². The number of non-ortho nitro benzene ring substituents is 2. The average Bonchev–Trinajstić information content (AvgIpc) is 2.88. The number of aryl methyl sites for hydroxylation is 2. The van der Waals surface area contributed by atoms with Crippen LogP contribution in [-0.4, -0.2) is 50.9 Å². The number of carbonyl (C=O) groups excluding carboxylic acids is 1. The highest BCUT2D eigenvalue weighted by molar-refractivity contribution is 5.61. The first-order valence-corrected chi connectivity index (χ1v) is 11.1. The van der Waals surface area contributed by atoms with Gasteiger partial charge in [-0.3, -0.25) is 40.5 Å². The summed E-state index contributed by atoms with van der Waals surface area (Å²) in [5.41, 5.74) is -12.1. The topological polar surface area (TPSA) is 208 Å². The highest BCUT2D eigenvalue weighted by atomic mass is 19.3. The van der Waals surface area contributed by atoms with Crippen LogP contribution in [0.25, 0.3) is 0 Å². The minimum Gasteiger partial charge on any atom is -0.428 e. The third-order valence-corrected chi connectivity index (χ3v) is 5.70. The van der Waals surface area contributed by atoms with Crippen LogP contribution in [-0.2, 0) is 21.3 Å². The molecule has 0 N–H and O–H groups in total. The largest absolute Gasteiger partial charge is 0.508 e. The molecule has 0 heterocycles. The molecule has 0 amide bonds. The monoisotopic (exact) mass is 650 g/mol. The number of ether oxygens (including phenoxy) is 2. The Morgan fingerprint density at radius 1 is 0.614 bits per heavy atom. The molecule has 44 heavy (non-hydrogen) atoms. The van der Waals surface area contributed by atoms with Crippen molar-refractivity contribution in [3.63, 3.8) is 0 Å². The molecule has 0 atom stereocenters. The second-order valence-electron chi connectivity index (χ2n) is 8.73. The van der Waals surface area contributed by atoms with E-state index in [1.165, 1.54) is 0 Å². The van der Waals surface area contributed by atoms with Crippen molar-refractivity contribution in [3.8, 4) is 0 Å². The summed E-state index contributed by atoms with van der Waals surface area (Å²) in [5, 5.41) is 44.1. The van der Waals surface area contributed by atoms with E-state index in [0.717, 1.165) is 0 Å². The first-order valence-electron chi connectivity index (χ1n) is 11.1. The summed E-state index contributed by atoms with van der Waals surface area (Å²) in [5.74, 6) is -22.4. The Hall–Kier alpha value is -5.25. The summed E-state index contributed by atoms with van der Waals surface area (Å²) >= 11 is 0. The zero-order valence-corrected chi connectivity index (χ0v) is 21.5. The van der Waals surface area contributed by atoms with Gasteiger partial charge in [0, 0.05) is 12.1 Å². The first kappa shape index (κ1) is 34.9. The number of alkyl halides is 8. The molecule has 0 aliphatic carbocycles. The Labute approximate surface area is 236 Å². The summed E-state index contributed by atoms with van der Waals surface area (Å²) in [6.45, 7) is -4.34. The number of benzene rings is 2. The summed E-state index contributed by atoms with van der Waals surface area (Å²) in [6, 6.07) is 0.475. The van der Waals surface area contributed by atoms with Gasteiger partial charge in [-0.1, -0.05) is 0 Å². The molecule has 0 aliphatic heterocycles. The van der Waals surface area contributed by atoms with Gasteiger partial charge in [0.2, 0.25) is 0 Å². The van der Waals surface area contributed by atoms with Crippen molar-refractivity contribution in [2.45, 2.75) is 37.5 Å². The lowest BCUT2D eigenvalue weighted by Crippen LogP contribution is -2.45. The quantitative estimate of drug-likeness (QED) is 0.109. The maximum Gasteiger partial charge on any atom is 0.508 e. The summed E-state index contributed by atoms with van der Waals surface area (Å²) in [6.07, 6.45) is -2.67. The zero-order chi connectivity index (χ0) is 34.2. The maximum atomic E-state index is 14.8. The molecule has 23 heteroatoms. The zero-order valence-electron chi connectivity index (χ0n) is 21.5. The molecule has 0 saturated heterocycles. The second-order valence-corrected chi connectivity index (χ2v) is 8.73. The Bertz CT molecular complexity index is 1440. The number of hydrogen-bond acceptors (Lipinski definition) is 11. The van der Waals surface area contributed by atoms with Gasteiger partial charge in [-0.25, -0.2) is 4.79 Å². The molecule has 15 nitrogen and oxygen atoms in total. The number of rotatable bonds is 12. The van der Waals surface area contributed by atoms with Crippen LogP contribution < -0.4 is 0 Å². The number of nitro benzene ring substituents is 4. The molecular weight excluding hydrogens is 636 g/mol. The van der Waals surface area contributed by atoms with Crippen molar-refractivity contribution in [2.75, 3.05) is 13.2 Å². The Balaban J connectivity index is 2.29. The molecule has 0 spiro atoms. The van der Waals surface area contributed by atoms with Gasteiger partial charge in [0.15, 0.2) is 13.2 Å². The minimum absolute atomic E-state index is 0.0549.